The van der Waals surface area contributed by atoms with Gasteiger partial charge >= 0.3 is 0 Å². The molecule has 0 saturated heterocycles. The first-order valence-corrected chi connectivity index (χ1v) is 7.25. The van der Waals surface area contributed by atoms with Crippen molar-refractivity contribution in [3.05, 3.63) is 64.7 Å². The van der Waals surface area contributed by atoms with Crippen LogP contribution in [0.1, 0.15) is 18.1 Å². The highest BCUT2D eigenvalue weighted by Gasteiger charge is 2.13. The molecule has 0 radical (unpaired) electrons. The van der Waals surface area contributed by atoms with Gasteiger partial charge in [0.1, 0.15) is 5.75 Å². The van der Waals surface area contributed by atoms with Crippen molar-refractivity contribution in [1.82, 2.24) is 5.43 Å². The van der Waals surface area contributed by atoms with E-state index in [4.69, 9.17) is 16.3 Å². The van der Waals surface area contributed by atoms with E-state index in [0.717, 1.165) is 11.1 Å². The summed E-state index contributed by atoms with van der Waals surface area (Å²) >= 11 is 6.00. The number of rotatable bonds is 5. The van der Waals surface area contributed by atoms with E-state index < -0.39 is 6.10 Å². The van der Waals surface area contributed by atoms with E-state index in [1.807, 2.05) is 49.4 Å². The number of benzene rings is 2. The van der Waals surface area contributed by atoms with E-state index in [-0.39, 0.29) is 5.91 Å². The van der Waals surface area contributed by atoms with Crippen LogP contribution >= 0.6 is 11.6 Å². The van der Waals surface area contributed by atoms with Crippen LogP contribution in [-0.4, -0.2) is 18.2 Å². The van der Waals surface area contributed by atoms with Crippen molar-refractivity contribution in [2.45, 2.75) is 20.0 Å². The number of hydrazone groups is 1. The number of halogens is 1. The third-order valence-corrected chi connectivity index (χ3v) is 3.30. The zero-order valence-corrected chi connectivity index (χ0v) is 13.2. The van der Waals surface area contributed by atoms with Crippen LogP contribution < -0.4 is 10.2 Å². The molecule has 0 bridgehead atoms. The maximum absolute atomic E-state index is 11.9. The summed E-state index contributed by atoms with van der Waals surface area (Å²) in [7, 11) is 0. The molecule has 114 valence electrons. The molecule has 1 N–H and O–H groups in total. The zero-order chi connectivity index (χ0) is 15.9. The van der Waals surface area contributed by atoms with Crippen LogP contribution in [-0.2, 0) is 4.79 Å². The monoisotopic (exact) mass is 316 g/mol. The largest absolute Gasteiger partial charge is 0.481 e. The van der Waals surface area contributed by atoms with Crippen molar-refractivity contribution in [1.29, 1.82) is 0 Å². The third-order valence-electron chi connectivity index (χ3n) is 2.96. The lowest BCUT2D eigenvalue weighted by Gasteiger charge is -2.13. The molecule has 0 aliphatic carbocycles. The molecule has 0 spiro atoms. The second-order valence-electron chi connectivity index (χ2n) is 4.83. The Morgan fingerprint density at radius 1 is 1.27 bits per heavy atom. The molecule has 0 aliphatic rings. The lowest BCUT2D eigenvalue weighted by atomic mass is 10.2. The van der Waals surface area contributed by atoms with Crippen LogP contribution in [0.5, 0.6) is 5.75 Å². The molecule has 4 nitrogen and oxygen atoms in total. The fourth-order valence-electron chi connectivity index (χ4n) is 1.78. The Hall–Kier alpha value is -2.33. The molecule has 1 amide bonds. The molecule has 2 aromatic rings. The van der Waals surface area contributed by atoms with Gasteiger partial charge in [0.05, 0.1) is 6.21 Å². The Morgan fingerprint density at radius 3 is 2.77 bits per heavy atom. The number of carbonyl (C=O) groups excluding carboxylic acids is 1. The van der Waals surface area contributed by atoms with Gasteiger partial charge in [0.2, 0.25) is 0 Å². The van der Waals surface area contributed by atoms with Crippen LogP contribution in [0.25, 0.3) is 0 Å². The van der Waals surface area contributed by atoms with Crippen LogP contribution in [0.4, 0.5) is 0 Å². The Balaban J connectivity index is 1.90. The Kier molecular flexibility index (Phi) is 5.55. The van der Waals surface area contributed by atoms with E-state index in [0.29, 0.717) is 10.8 Å². The van der Waals surface area contributed by atoms with Crippen molar-refractivity contribution < 1.29 is 9.53 Å². The van der Waals surface area contributed by atoms with Gasteiger partial charge in [-0.1, -0.05) is 41.9 Å². The summed E-state index contributed by atoms with van der Waals surface area (Å²) in [6.07, 6.45) is 0.852. The number of nitrogens with one attached hydrogen (secondary N) is 1. The van der Waals surface area contributed by atoms with Gasteiger partial charge in [0, 0.05) is 10.6 Å². The summed E-state index contributed by atoms with van der Waals surface area (Å²) in [4.78, 5) is 11.9. The Labute approximate surface area is 134 Å². The molecule has 2 aromatic carbocycles. The van der Waals surface area contributed by atoms with E-state index in [2.05, 4.69) is 10.5 Å². The van der Waals surface area contributed by atoms with Crippen LogP contribution in [0.3, 0.4) is 0 Å². The Bertz CT molecular complexity index is 686. The van der Waals surface area contributed by atoms with Crippen molar-refractivity contribution in [2.24, 2.45) is 5.10 Å². The smallest absolute Gasteiger partial charge is 0.280 e. The number of nitrogens with zero attached hydrogens (tertiary/aromatic N) is 1. The molecule has 5 heteroatoms. The average Bonchev–Trinajstić information content (AvgIpc) is 2.49. The van der Waals surface area contributed by atoms with Crippen molar-refractivity contribution >= 4 is 23.7 Å². The highest BCUT2D eigenvalue weighted by molar-refractivity contribution is 6.33. The SMILES string of the molecule is Cc1cccc(O[C@@H](C)C(=O)N/N=C/c2ccccc2Cl)c1. The van der Waals surface area contributed by atoms with Gasteiger partial charge in [-0.3, -0.25) is 4.79 Å². The van der Waals surface area contributed by atoms with Gasteiger partial charge in [-0.2, -0.15) is 5.10 Å². The van der Waals surface area contributed by atoms with Gasteiger partial charge in [0.25, 0.3) is 5.91 Å². The first-order valence-electron chi connectivity index (χ1n) is 6.87. The van der Waals surface area contributed by atoms with Crippen molar-refractivity contribution in [3.8, 4) is 5.75 Å². The normalized spacial score (nSPS) is 12.1. The summed E-state index contributed by atoms with van der Waals surface area (Å²) in [5.41, 5.74) is 4.24. The standard InChI is InChI=1S/C17H17ClN2O2/c1-12-6-5-8-15(10-12)22-13(2)17(21)20-19-11-14-7-3-4-9-16(14)18/h3-11,13H,1-2H3,(H,20,21)/b19-11+/t13-/m0/s1. The predicted octanol–water partition coefficient (Wildman–Crippen LogP) is 3.57. The second kappa shape index (κ2) is 7.61. The molecule has 1 atom stereocenters. The molecular weight excluding hydrogens is 300 g/mol. The minimum Gasteiger partial charge on any atom is -0.481 e. The van der Waals surface area contributed by atoms with Crippen LogP contribution in [0.15, 0.2) is 53.6 Å². The van der Waals surface area contributed by atoms with Gasteiger partial charge in [-0.15, -0.1) is 0 Å². The van der Waals surface area contributed by atoms with Crippen LogP contribution in [0.2, 0.25) is 5.02 Å². The predicted molar refractivity (Wildman–Crippen MR) is 88.5 cm³/mol. The topological polar surface area (TPSA) is 50.7 Å². The number of hydrogen-bond acceptors (Lipinski definition) is 3. The van der Waals surface area contributed by atoms with E-state index in [9.17, 15) is 4.79 Å². The number of hydrogen-bond donors (Lipinski definition) is 1. The number of amides is 1. The number of aryl methyl sites for hydroxylation is 1. The first-order chi connectivity index (χ1) is 10.6. The molecule has 0 fully saturated rings. The van der Waals surface area contributed by atoms with Gasteiger partial charge < -0.3 is 4.74 Å². The molecule has 2 rings (SSSR count). The summed E-state index contributed by atoms with van der Waals surface area (Å²) in [5, 5.41) is 4.47. The summed E-state index contributed by atoms with van der Waals surface area (Å²) < 4.78 is 5.57. The van der Waals surface area contributed by atoms with E-state index in [1.165, 1.54) is 6.21 Å². The Morgan fingerprint density at radius 2 is 2.05 bits per heavy atom. The van der Waals surface area contributed by atoms with E-state index in [1.54, 1.807) is 13.0 Å². The van der Waals surface area contributed by atoms with Gasteiger partial charge in [-0.05, 0) is 37.6 Å². The number of ether oxygens (including phenoxy) is 1. The van der Waals surface area contributed by atoms with Crippen molar-refractivity contribution in [3.63, 3.8) is 0 Å². The van der Waals surface area contributed by atoms with Gasteiger partial charge in [-0.25, -0.2) is 5.43 Å². The molecule has 0 aromatic heterocycles. The fourth-order valence-corrected chi connectivity index (χ4v) is 1.97. The molecule has 0 aliphatic heterocycles. The molecule has 22 heavy (non-hydrogen) atoms. The van der Waals surface area contributed by atoms with Gasteiger partial charge in [0.15, 0.2) is 6.10 Å². The van der Waals surface area contributed by atoms with E-state index >= 15 is 0 Å². The summed E-state index contributed by atoms with van der Waals surface area (Å²) in [6.45, 7) is 3.63. The molecule has 0 unspecified atom stereocenters. The molecule has 0 saturated carbocycles. The minimum atomic E-state index is -0.648. The second-order valence-corrected chi connectivity index (χ2v) is 5.24. The maximum atomic E-state index is 11.9. The zero-order valence-electron chi connectivity index (χ0n) is 12.4. The molecule has 0 heterocycles. The lowest BCUT2D eigenvalue weighted by Crippen LogP contribution is -2.33. The summed E-state index contributed by atoms with van der Waals surface area (Å²) in [5.74, 6) is 0.322. The number of carbonyl (C=O) groups is 1. The first kappa shape index (κ1) is 16.0. The van der Waals surface area contributed by atoms with Crippen LogP contribution in [0, 0.1) is 6.92 Å². The summed E-state index contributed by atoms with van der Waals surface area (Å²) in [6, 6.07) is 14.8. The highest BCUT2D eigenvalue weighted by atomic mass is 35.5. The fraction of sp³-hybridized carbons (Fsp3) is 0.176. The third kappa shape index (κ3) is 4.60. The molecular formula is C17H17ClN2O2. The maximum Gasteiger partial charge on any atom is 0.280 e. The van der Waals surface area contributed by atoms with Crippen molar-refractivity contribution in [2.75, 3.05) is 0 Å². The highest BCUT2D eigenvalue weighted by Crippen LogP contribution is 2.14. The minimum absolute atomic E-state index is 0.329. The lowest BCUT2D eigenvalue weighted by molar-refractivity contribution is -0.127. The quantitative estimate of drug-likeness (QED) is 0.677. The average molecular weight is 317 g/mol.